The Labute approximate surface area is 104 Å². The Morgan fingerprint density at radius 2 is 2.00 bits per heavy atom. The van der Waals surface area contributed by atoms with Crippen LogP contribution in [-0.4, -0.2) is 29.9 Å². The van der Waals surface area contributed by atoms with E-state index in [2.05, 4.69) is 11.8 Å². The summed E-state index contributed by atoms with van der Waals surface area (Å²) in [6.45, 7) is 3.91. The molecule has 3 nitrogen and oxygen atoms in total. The van der Waals surface area contributed by atoms with E-state index in [1.807, 2.05) is 0 Å². The summed E-state index contributed by atoms with van der Waals surface area (Å²) in [7, 11) is 0. The molecule has 1 aliphatic carbocycles. The molecule has 2 fully saturated rings. The van der Waals surface area contributed by atoms with E-state index in [4.69, 9.17) is 5.73 Å². The number of carbonyl (C=O) groups excluding carboxylic acids is 1. The van der Waals surface area contributed by atoms with Crippen LogP contribution in [0.1, 0.15) is 39.0 Å². The Bertz CT molecular complexity index is 241. The molecular formula is C12H23ClN2O. The van der Waals surface area contributed by atoms with Gasteiger partial charge in [0.15, 0.2) is 0 Å². The molecule has 0 aromatic heterocycles. The lowest BCUT2D eigenvalue weighted by Crippen LogP contribution is -2.48. The van der Waals surface area contributed by atoms with Gasteiger partial charge in [0.1, 0.15) is 0 Å². The average molecular weight is 247 g/mol. The molecule has 94 valence electrons. The van der Waals surface area contributed by atoms with Crippen LogP contribution in [0.5, 0.6) is 0 Å². The predicted molar refractivity (Wildman–Crippen MR) is 67.5 cm³/mol. The quantitative estimate of drug-likeness (QED) is 0.808. The number of carbonyl (C=O) groups is 1. The topological polar surface area (TPSA) is 46.3 Å². The SMILES string of the molecule is CC(N)C1CCCN(C(=O)C2CCC2)C1.Cl. The molecule has 1 heterocycles. The number of piperidine rings is 1. The number of nitrogens with zero attached hydrogens (tertiary/aromatic N) is 1. The standard InChI is InChI=1S/C12H22N2O.ClH/c1-9(13)11-6-3-7-14(8-11)12(15)10-4-2-5-10;/h9-11H,2-8,13H2,1H3;1H. The van der Waals surface area contributed by atoms with Crippen LogP contribution >= 0.6 is 12.4 Å². The van der Waals surface area contributed by atoms with Gasteiger partial charge in [-0.2, -0.15) is 0 Å². The number of hydrogen-bond acceptors (Lipinski definition) is 2. The van der Waals surface area contributed by atoms with Gasteiger partial charge in [-0.25, -0.2) is 0 Å². The van der Waals surface area contributed by atoms with Crippen molar-refractivity contribution in [2.24, 2.45) is 17.6 Å². The highest BCUT2D eigenvalue weighted by atomic mass is 35.5. The maximum absolute atomic E-state index is 12.0. The molecule has 0 aromatic rings. The molecular weight excluding hydrogens is 224 g/mol. The zero-order chi connectivity index (χ0) is 10.8. The third-order valence-corrected chi connectivity index (χ3v) is 3.97. The molecule has 0 spiro atoms. The van der Waals surface area contributed by atoms with Crippen LogP contribution < -0.4 is 5.73 Å². The molecule has 2 aliphatic rings. The molecule has 4 heteroatoms. The summed E-state index contributed by atoms with van der Waals surface area (Å²) in [5.74, 6) is 1.26. The van der Waals surface area contributed by atoms with Gasteiger partial charge in [0.2, 0.25) is 5.91 Å². The minimum absolute atomic E-state index is 0. The third kappa shape index (κ3) is 2.89. The zero-order valence-electron chi connectivity index (χ0n) is 10.0. The van der Waals surface area contributed by atoms with E-state index in [0.717, 1.165) is 32.4 Å². The lowest BCUT2D eigenvalue weighted by molar-refractivity contribution is -0.140. The normalized spacial score (nSPS) is 27.9. The van der Waals surface area contributed by atoms with Crippen molar-refractivity contribution in [1.82, 2.24) is 4.90 Å². The summed E-state index contributed by atoms with van der Waals surface area (Å²) in [5, 5.41) is 0. The number of rotatable bonds is 2. The Morgan fingerprint density at radius 3 is 2.50 bits per heavy atom. The van der Waals surface area contributed by atoms with Crippen LogP contribution in [0.4, 0.5) is 0 Å². The molecule has 2 unspecified atom stereocenters. The highest BCUT2D eigenvalue weighted by molar-refractivity contribution is 5.85. The summed E-state index contributed by atoms with van der Waals surface area (Å²) in [5.41, 5.74) is 5.91. The summed E-state index contributed by atoms with van der Waals surface area (Å²) in [6, 6.07) is 0.224. The highest BCUT2D eigenvalue weighted by Crippen LogP contribution is 2.30. The van der Waals surface area contributed by atoms with E-state index < -0.39 is 0 Å². The van der Waals surface area contributed by atoms with E-state index in [1.165, 1.54) is 12.8 Å². The number of amides is 1. The monoisotopic (exact) mass is 246 g/mol. The van der Waals surface area contributed by atoms with Crippen molar-refractivity contribution in [3.8, 4) is 0 Å². The molecule has 1 saturated carbocycles. The number of nitrogens with two attached hydrogens (primary N) is 1. The number of hydrogen-bond donors (Lipinski definition) is 1. The lowest BCUT2D eigenvalue weighted by atomic mass is 9.83. The van der Waals surface area contributed by atoms with E-state index in [0.29, 0.717) is 17.7 Å². The summed E-state index contributed by atoms with van der Waals surface area (Å²) in [4.78, 5) is 14.1. The first kappa shape index (κ1) is 13.8. The van der Waals surface area contributed by atoms with Crippen LogP contribution in [0.2, 0.25) is 0 Å². The third-order valence-electron chi connectivity index (χ3n) is 3.97. The summed E-state index contributed by atoms with van der Waals surface area (Å²) in [6.07, 6.45) is 5.77. The smallest absolute Gasteiger partial charge is 0.225 e. The van der Waals surface area contributed by atoms with Crippen molar-refractivity contribution in [3.05, 3.63) is 0 Å². The minimum atomic E-state index is 0. The van der Waals surface area contributed by atoms with Gasteiger partial charge in [-0.05, 0) is 38.5 Å². The number of halogens is 1. The molecule has 16 heavy (non-hydrogen) atoms. The van der Waals surface area contributed by atoms with Crippen molar-refractivity contribution in [2.45, 2.75) is 45.1 Å². The van der Waals surface area contributed by atoms with Gasteiger partial charge in [-0.1, -0.05) is 6.42 Å². The van der Waals surface area contributed by atoms with Gasteiger partial charge in [0.05, 0.1) is 0 Å². The van der Waals surface area contributed by atoms with Gasteiger partial charge in [0.25, 0.3) is 0 Å². The van der Waals surface area contributed by atoms with Crippen molar-refractivity contribution in [2.75, 3.05) is 13.1 Å². The van der Waals surface area contributed by atoms with Crippen LogP contribution in [0.3, 0.4) is 0 Å². The maximum atomic E-state index is 12.0. The summed E-state index contributed by atoms with van der Waals surface area (Å²) >= 11 is 0. The average Bonchev–Trinajstić information content (AvgIpc) is 2.15. The fraction of sp³-hybridized carbons (Fsp3) is 0.917. The lowest BCUT2D eigenvalue weighted by Gasteiger charge is -2.38. The van der Waals surface area contributed by atoms with Crippen LogP contribution in [-0.2, 0) is 4.79 Å². The Morgan fingerprint density at radius 1 is 1.31 bits per heavy atom. The van der Waals surface area contributed by atoms with Crippen LogP contribution in [0.15, 0.2) is 0 Å². The summed E-state index contributed by atoms with van der Waals surface area (Å²) < 4.78 is 0. The minimum Gasteiger partial charge on any atom is -0.342 e. The largest absolute Gasteiger partial charge is 0.342 e. The molecule has 0 radical (unpaired) electrons. The fourth-order valence-electron chi connectivity index (χ4n) is 2.55. The second kappa shape index (κ2) is 5.87. The van der Waals surface area contributed by atoms with Gasteiger partial charge in [0, 0.05) is 25.0 Å². The van der Waals surface area contributed by atoms with Gasteiger partial charge in [-0.3, -0.25) is 4.79 Å². The fourth-order valence-corrected chi connectivity index (χ4v) is 2.55. The van der Waals surface area contributed by atoms with E-state index in [1.54, 1.807) is 0 Å². The predicted octanol–water partition coefficient (Wildman–Crippen LogP) is 1.79. The molecule has 2 N–H and O–H groups in total. The Balaban J connectivity index is 0.00000128. The molecule has 1 amide bonds. The second-order valence-electron chi connectivity index (χ2n) is 5.17. The molecule has 1 aliphatic heterocycles. The van der Waals surface area contributed by atoms with Crippen LogP contribution in [0.25, 0.3) is 0 Å². The van der Waals surface area contributed by atoms with E-state index in [-0.39, 0.29) is 18.4 Å². The van der Waals surface area contributed by atoms with Gasteiger partial charge >= 0.3 is 0 Å². The van der Waals surface area contributed by atoms with Crippen molar-refractivity contribution in [3.63, 3.8) is 0 Å². The highest BCUT2D eigenvalue weighted by Gasteiger charge is 2.32. The van der Waals surface area contributed by atoms with Crippen molar-refractivity contribution < 1.29 is 4.79 Å². The molecule has 0 bridgehead atoms. The molecule has 2 atom stereocenters. The zero-order valence-corrected chi connectivity index (χ0v) is 10.8. The number of likely N-dealkylation sites (tertiary alicyclic amines) is 1. The van der Waals surface area contributed by atoms with E-state index in [9.17, 15) is 4.79 Å². The Hall–Kier alpha value is -0.280. The van der Waals surface area contributed by atoms with Gasteiger partial charge in [-0.15, -0.1) is 12.4 Å². The molecule has 1 saturated heterocycles. The molecule has 2 rings (SSSR count). The maximum Gasteiger partial charge on any atom is 0.225 e. The van der Waals surface area contributed by atoms with Crippen molar-refractivity contribution >= 4 is 18.3 Å². The first-order valence-electron chi connectivity index (χ1n) is 6.23. The second-order valence-corrected chi connectivity index (χ2v) is 5.17. The first-order chi connectivity index (χ1) is 7.18. The van der Waals surface area contributed by atoms with E-state index >= 15 is 0 Å². The first-order valence-corrected chi connectivity index (χ1v) is 6.23. The molecule has 0 aromatic carbocycles. The van der Waals surface area contributed by atoms with Gasteiger partial charge < -0.3 is 10.6 Å². The van der Waals surface area contributed by atoms with Crippen molar-refractivity contribution in [1.29, 1.82) is 0 Å². The Kier molecular flexibility index (Phi) is 5.06. The van der Waals surface area contributed by atoms with Crippen LogP contribution in [0, 0.1) is 11.8 Å².